The number of nitrogens with zero attached hydrogens (tertiary/aromatic N) is 4. The first-order chi connectivity index (χ1) is 14.5. The van der Waals surface area contributed by atoms with Crippen LogP contribution in [0.4, 0.5) is 18.9 Å². The Labute approximate surface area is 169 Å². The number of ether oxygens (including phenoxy) is 1. The van der Waals surface area contributed by atoms with Gasteiger partial charge in [-0.2, -0.15) is 13.2 Å². The van der Waals surface area contributed by atoms with Gasteiger partial charge in [0.2, 0.25) is 5.88 Å². The van der Waals surface area contributed by atoms with Crippen molar-refractivity contribution in [2.75, 3.05) is 37.7 Å². The van der Waals surface area contributed by atoms with E-state index in [-0.39, 0.29) is 5.88 Å². The predicted octanol–water partition coefficient (Wildman–Crippen LogP) is 3.49. The molecule has 7 nitrogen and oxygen atoms in total. The van der Waals surface area contributed by atoms with E-state index in [4.69, 9.17) is 9.15 Å². The molecule has 0 aliphatic carbocycles. The second kappa shape index (κ2) is 7.21. The van der Waals surface area contributed by atoms with Crippen LogP contribution >= 0.6 is 0 Å². The number of halogens is 3. The number of fused-ring (bicyclic) bond motifs is 2. The lowest BCUT2D eigenvalue weighted by Gasteiger charge is -2.29. The summed E-state index contributed by atoms with van der Waals surface area (Å²) in [6.07, 6.45) is -2.86. The SMILES string of the molecule is FC(F)(F)COc1ccc2ncc(-c3cc4c(N5CCNCC5)cccc4o3)n2n1. The predicted molar refractivity (Wildman–Crippen MR) is 105 cm³/mol. The van der Waals surface area contributed by atoms with Gasteiger partial charge in [-0.25, -0.2) is 9.50 Å². The molecule has 30 heavy (non-hydrogen) atoms. The Kier molecular flexibility index (Phi) is 4.50. The van der Waals surface area contributed by atoms with Crippen molar-refractivity contribution in [3.05, 3.63) is 42.6 Å². The summed E-state index contributed by atoms with van der Waals surface area (Å²) in [5.41, 5.74) is 2.82. The number of rotatable bonds is 4. The number of benzene rings is 1. The number of anilines is 1. The van der Waals surface area contributed by atoms with Crippen molar-refractivity contribution < 1.29 is 22.3 Å². The third kappa shape index (κ3) is 3.54. The number of alkyl halides is 3. The van der Waals surface area contributed by atoms with Gasteiger partial charge in [0.15, 0.2) is 18.0 Å². The molecule has 1 saturated heterocycles. The van der Waals surface area contributed by atoms with Crippen molar-refractivity contribution in [1.82, 2.24) is 19.9 Å². The van der Waals surface area contributed by atoms with Crippen LogP contribution in [0, 0.1) is 0 Å². The summed E-state index contributed by atoms with van der Waals surface area (Å²) in [5.74, 6) is 0.386. The summed E-state index contributed by atoms with van der Waals surface area (Å²) in [6.45, 7) is 2.22. The highest BCUT2D eigenvalue weighted by Gasteiger charge is 2.29. The smallest absolute Gasteiger partial charge is 0.422 e. The molecule has 156 valence electrons. The molecule has 0 unspecified atom stereocenters. The molecule has 5 rings (SSSR count). The van der Waals surface area contributed by atoms with Crippen LogP contribution in [0.25, 0.3) is 28.1 Å². The summed E-state index contributed by atoms with van der Waals surface area (Å²) in [4.78, 5) is 6.57. The minimum atomic E-state index is -4.44. The van der Waals surface area contributed by atoms with E-state index >= 15 is 0 Å². The second-order valence-corrected chi connectivity index (χ2v) is 7.03. The van der Waals surface area contributed by atoms with Crippen LogP contribution in [0.1, 0.15) is 0 Å². The van der Waals surface area contributed by atoms with E-state index in [1.807, 2.05) is 18.2 Å². The molecular formula is C20H18F3N5O2. The number of furan rings is 1. The highest BCUT2D eigenvalue weighted by Crippen LogP contribution is 2.34. The molecule has 3 aromatic heterocycles. The Balaban J connectivity index is 1.53. The van der Waals surface area contributed by atoms with Gasteiger partial charge in [-0.1, -0.05) is 6.07 Å². The van der Waals surface area contributed by atoms with E-state index in [0.717, 1.165) is 42.8 Å². The van der Waals surface area contributed by atoms with Crippen LogP contribution in [0.15, 0.2) is 47.0 Å². The first-order valence-electron chi connectivity index (χ1n) is 9.51. The van der Waals surface area contributed by atoms with Gasteiger partial charge in [0, 0.05) is 43.3 Å². The number of imidazole rings is 1. The molecule has 0 bridgehead atoms. The van der Waals surface area contributed by atoms with Crippen molar-refractivity contribution in [3.63, 3.8) is 0 Å². The summed E-state index contributed by atoms with van der Waals surface area (Å²) < 4.78 is 49.6. The largest absolute Gasteiger partial charge is 0.467 e. The minimum absolute atomic E-state index is 0.142. The molecule has 0 spiro atoms. The quantitative estimate of drug-likeness (QED) is 0.548. The van der Waals surface area contributed by atoms with Crippen molar-refractivity contribution in [1.29, 1.82) is 0 Å². The van der Waals surface area contributed by atoms with E-state index < -0.39 is 12.8 Å². The first kappa shape index (κ1) is 18.7. The number of hydrogen-bond donors (Lipinski definition) is 1. The number of hydrogen-bond acceptors (Lipinski definition) is 6. The van der Waals surface area contributed by atoms with Crippen LogP contribution in [-0.2, 0) is 0 Å². The lowest BCUT2D eigenvalue weighted by molar-refractivity contribution is -0.154. The fourth-order valence-corrected chi connectivity index (χ4v) is 3.61. The summed E-state index contributed by atoms with van der Waals surface area (Å²) >= 11 is 0. The summed E-state index contributed by atoms with van der Waals surface area (Å²) in [6, 6.07) is 10.7. The van der Waals surface area contributed by atoms with Gasteiger partial charge in [-0.3, -0.25) is 0 Å². The van der Waals surface area contributed by atoms with Gasteiger partial charge >= 0.3 is 6.18 Å². The second-order valence-electron chi connectivity index (χ2n) is 7.03. The third-order valence-electron chi connectivity index (χ3n) is 4.97. The Bertz CT molecular complexity index is 1190. The number of nitrogens with one attached hydrogen (secondary N) is 1. The highest BCUT2D eigenvalue weighted by molar-refractivity contribution is 5.94. The monoisotopic (exact) mass is 417 g/mol. The molecule has 0 atom stereocenters. The molecule has 1 aliphatic rings. The van der Waals surface area contributed by atoms with E-state index in [1.165, 1.54) is 10.6 Å². The third-order valence-corrected chi connectivity index (χ3v) is 4.97. The van der Waals surface area contributed by atoms with Gasteiger partial charge < -0.3 is 19.4 Å². The summed E-state index contributed by atoms with van der Waals surface area (Å²) in [5, 5.41) is 8.45. The van der Waals surface area contributed by atoms with Crippen LogP contribution in [-0.4, -0.2) is 53.6 Å². The number of piperazine rings is 1. The Hall–Kier alpha value is -3.27. The molecule has 1 aliphatic heterocycles. The molecule has 0 amide bonds. The maximum Gasteiger partial charge on any atom is 0.422 e. The van der Waals surface area contributed by atoms with Gasteiger partial charge in [-0.15, -0.1) is 5.10 Å². The van der Waals surface area contributed by atoms with Crippen molar-refractivity contribution in [3.8, 4) is 17.3 Å². The lowest BCUT2D eigenvalue weighted by atomic mass is 10.1. The van der Waals surface area contributed by atoms with Gasteiger partial charge in [0.1, 0.15) is 11.3 Å². The van der Waals surface area contributed by atoms with Crippen LogP contribution < -0.4 is 15.0 Å². The fourth-order valence-electron chi connectivity index (χ4n) is 3.61. The zero-order valence-corrected chi connectivity index (χ0v) is 15.8. The van der Waals surface area contributed by atoms with Crippen LogP contribution in [0.3, 0.4) is 0 Å². The highest BCUT2D eigenvalue weighted by atomic mass is 19.4. The van der Waals surface area contributed by atoms with E-state index in [9.17, 15) is 13.2 Å². The van der Waals surface area contributed by atoms with Crippen molar-refractivity contribution >= 4 is 22.3 Å². The summed E-state index contributed by atoms with van der Waals surface area (Å²) in [7, 11) is 0. The van der Waals surface area contributed by atoms with E-state index in [1.54, 1.807) is 12.3 Å². The molecule has 1 N–H and O–H groups in total. The Morgan fingerprint density at radius 2 is 1.97 bits per heavy atom. The molecule has 4 heterocycles. The van der Waals surface area contributed by atoms with Crippen LogP contribution in [0.5, 0.6) is 5.88 Å². The van der Waals surface area contributed by atoms with Crippen LogP contribution in [0.2, 0.25) is 0 Å². The first-order valence-corrected chi connectivity index (χ1v) is 9.51. The van der Waals surface area contributed by atoms with Crippen molar-refractivity contribution in [2.45, 2.75) is 6.18 Å². The topological polar surface area (TPSA) is 67.8 Å². The molecule has 10 heteroatoms. The average Bonchev–Trinajstić information content (AvgIpc) is 3.35. The number of aromatic nitrogens is 3. The van der Waals surface area contributed by atoms with E-state index in [2.05, 4.69) is 26.4 Å². The molecule has 4 aromatic rings. The normalized spacial score (nSPS) is 15.2. The maximum absolute atomic E-state index is 12.5. The molecular weight excluding hydrogens is 399 g/mol. The average molecular weight is 417 g/mol. The van der Waals surface area contributed by atoms with Gasteiger partial charge in [0.25, 0.3) is 0 Å². The molecule has 0 saturated carbocycles. The zero-order valence-electron chi connectivity index (χ0n) is 15.8. The molecule has 1 aromatic carbocycles. The molecule has 1 fully saturated rings. The standard InChI is InChI=1S/C20H18F3N5O2/c21-20(22,23)12-29-19-5-4-18-25-11-15(28(18)26-19)17-10-13-14(2-1-3-16(13)30-17)27-8-6-24-7-9-27/h1-5,10-11,24H,6-9,12H2. The van der Waals surface area contributed by atoms with Crippen molar-refractivity contribution in [2.24, 2.45) is 0 Å². The van der Waals surface area contributed by atoms with E-state index in [0.29, 0.717) is 17.1 Å². The van der Waals surface area contributed by atoms with Gasteiger partial charge in [-0.05, 0) is 24.3 Å². The molecule has 0 radical (unpaired) electrons. The fraction of sp³-hybridized carbons (Fsp3) is 0.300. The minimum Gasteiger partial charge on any atom is -0.467 e. The maximum atomic E-state index is 12.5. The lowest BCUT2D eigenvalue weighted by Crippen LogP contribution is -2.43. The Morgan fingerprint density at radius 1 is 1.13 bits per heavy atom. The zero-order chi connectivity index (χ0) is 20.7. The Morgan fingerprint density at radius 3 is 2.77 bits per heavy atom. The van der Waals surface area contributed by atoms with Gasteiger partial charge in [0.05, 0.1) is 6.20 Å².